The zero-order valence-electron chi connectivity index (χ0n) is 18.8. The Hall–Kier alpha value is -3.56. The molecule has 0 spiro atoms. The topological polar surface area (TPSA) is 89.3 Å². The summed E-state index contributed by atoms with van der Waals surface area (Å²) in [5, 5.41) is 16.9. The van der Waals surface area contributed by atoms with Gasteiger partial charge in [-0.05, 0) is 43.7 Å². The van der Waals surface area contributed by atoms with Gasteiger partial charge in [0.15, 0.2) is 4.34 Å². The van der Waals surface area contributed by atoms with Gasteiger partial charge in [0.25, 0.3) is 0 Å². The highest BCUT2D eigenvalue weighted by atomic mass is 32.2. The molecule has 2 N–H and O–H groups in total. The van der Waals surface area contributed by atoms with Crippen LogP contribution in [-0.2, 0) is 4.79 Å². The second-order valence-corrected chi connectivity index (χ2v) is 10.3. The minimum Gasteiger partial charge on any atom is -0.495 e. The molecule has 0 aliphatic heterocycles. The van der Waals surface area contributed by atoms with Gasteiger partial charge in [-0.3, -0.25) is 4.79 Å². The minimum absolute atomic E-state index is 0.165. The van der Waals surface area contributed by atoms with Crippen LogP contribution in [-0.4, -0.2) is 28.5 Å². The normalized spacial score (nSPS) is 12.1. The third-order valence-electron chi connectivity index (χ3n) is 5.28. The van der Waals surface area contributed by atoms with E-state index in [1.54, 1.807) is 13.2 Å². The van der Waals surface area contributed by atoms with Crippen LogP contribution in [0.15, 0.2) is 69.4 Å². The van der Waals surface area contributed by atoms with Crippen molar-refractivity contribution in [2.75, 3.05) is 17.7 Å². The summed E-state index contributed by atoms with van der Waals surface area (Å²) in [5.74, 6) is 0.410. The second-order valence-electron chi connectivity index (χ2n) is 7.76. The van der Waals surface area contributed by atoms with Gasteiger partial charge in [-0.2, -0.15) is 0 Å². The number of thioether (sulfide) groups is 1. The summed E-state index contributed by atoms with van der Waals surface area (Å²) in [5.41, 5.74) is 4.15. The number of amides is 1. The molecule has 0 bridgehead atoms. The molecule has 7 nitrogen and oxygen atoms in total. The average molecular weight is 491 g/mol. The fraction of sp³-hybridized carbons (Fsp3) is 0.160. The second kappa shape index (κ2) is 9.36. The number of hydrogen-bond donors (Lipinski definition) is 2. The highest BCUT2D eigenvalue weighted by Gasteiger charge is 2.20. The zero-order valence-corrected chi connectivity index (χ0v) is 20.4. The summed E-state index contributed by atoms with van der Waals surface area (Å²) in [6.45, 7) is 3.87. The first kappa shape index (κ1) is 22.2. The molecule has 34 heavy (non-hydrogen) atoms. The molecule has 0 aliphatic carbocycles. The van der Waals surface area contributed by atoms with Crippen LogP contribution in [0.4, 0.5) is 16.5 Å². The smallest absolute Gasteiger partial charge is 0.237 e. The molecule has 9 heteroatoms. The van der Waals surface area contributed by atoms with E-state index in [-0.39, 0.29) is 5.91 Å². The van der Waals surface area contributed by atoms with Crippen LogP contribution in [0, 0.1) is 6.92 Å². The van der Waals surface area contributed by atoms with Crippen molar-refractivity contribution in [3.8, 4) is 5.75 Å². The lowest BCUT2D eigenvalue weighted by atomic mass is 10.1. The number of benzene rings is 3. The summed E-state index contributed by atoms with van der Waals surface area (Å²) >= 11 is 2.76. The zero-order chi connectivity index (χ0) is 23.7. The van der Waals surface area contributed by atoms with Crippen LogP contribution in [0.3, 0.4) is 0 Å². The first-order valence-electron chi connectivity index (χ1n) is 10.6. The van der Waals surface area contributed by atoms with Crippen LogP contribution in [0.5, 0.6) is 5.75 Å². The number of methoxy groups -OCH3 is 1. The van der Waals surface area contributed by atoms with Gasteiger partial charge in [0.05, 0.1) is 18.0 Å². The Morgan fingerprint density at radius 1 is 1.06 bits per heavy atom. The fourth-order valence-corrected chi connectivity index (χ4v) is 5.53. The average Bonchev–Trinajstić information content (AvgIpc) is 3.41. The number of hydrogen-bond acceptors (Lipinski definition) is 8. The van der Waals surface area contributed by atoms with Crippen molar-refractivity contribution < 1.29 is 13.9 Å². The van der Waals surface area contributed by atoms with Gasteiger partial charge in [-0.15, -0.1) is 10.2 Å². The van der Waals surface area contributed by atoms with Crippen LogP contribution in [0.1, 0.15) is 12.5 Å². The van der Waals surface area contributed by atoms with Gasteiger partial charge >= 0.3 is 0 Å². The standard InChI is InChI=1S/C25H22N4O3S2/c1-14-7-6-8-16(11-14)26-24-28-29-25(34-24)33-15(2)23(30)27-19-13-21-18(12-22(19)31-3)17-9-4-5-10-20(17)32-21/h4-13,15H,1-3H3,(H,26,28)(H,27,30). The summed E-state index contributed by atoms with van der Waals surface area (Å²) in [6.07, 6.45) is 0. The maximum atomic E-state index is 13.0. The summed E-state index contributed by atoms with van der Waals surface area (Å²) in [4.78, 5) is 13.0. The van der Waals surface area contributed by atoms with E-state index in [1.807, 2.05) is 68.4 Å². The highest BCUT2D eigenvalue weighted by molar-refractivity contribution is 8.02. The summed E-state index contributed by atoms with van der Waals surface area (Å²) in [7, 11) is 1.58. The Balaban J connectivity index is 1.29. The van der Waals surface area contributed by atoms with Gasteiger partial charge < -0.3 is 19.8 Å². The summed E-state index contributed by atoms with van der Waals surface area (Å²) < 4.78 is 12.2. The first-order chi connectivity index (χ1) is 16.5. The SMILES string of the molecule is COc1cc2c(cc1NC(=O)C(C)Sc1nnc(Nc3cccc(C)c3)s1)oc1ccccc12. The molecule has 0 radical (unpaired) electrons. The van der Waals surface area contributed by atoms with E-state index >= 15 is 0 Å². The van der Waals surface area contributed by atoms with Crippen molar-refractivity contribution in [1.82, 2.24) is 10.2 Å². The fourth-order valence-electron chi connectivity index (χ4n) is 3.61. The number of nitrogens with zero attached hydrogens (tertiary/aromatic N) is 2. The molecule has 1 unspecified atom stereocenters. The third-order valence-corrected chi connectivity index (χ3v) is 7.30. The largest absolute Gasteiger partial charge is 0.495 e. The van der Waals surface area contributed by atoms with E-state index in [1.165, 1.54) is 23.1 Å². The number of aromatic nitrogens is 2. The van der Waals surface area contributed by atoms with Crippen molar-refractivity contribution in [1.29, 1.82) is 0 Å². The molecule has 3 aromatic carbocycles. The molecular weight excluding hydrogens is 468 g/mol. The quantitative estimate of drug-likeness (QED) is 0.248. The number of rotatable bonds is 7. The molecule has 5 aromatic rings. The van der Waals surface area contributed by atoms with E-state index in [2.05, 4.69) is 20.8 Å². The van der Waals surface area contributed by atoms with Crippen LogP contribution < -0.4 is 15.4 Å². The highest BCUT2D eigenvalue weighted by Crippen LogP contribution is 2.37. The number of nitrogens with one attached hydrogen (secondary N) is 2. The molecule has 2 aromatic heterocycles. The monoisotopic (exact) mass is 490 g/mol. The van der Waals surface area contributed by atoms with Crippen LogP contribution in [0.2, 0.25) is 0 Å². The van der Waals surface area contributed by atoms with E-state index in [0.717, 1.165) is 27.6 Å². The third kappa shape index (κ3) is 4.57. The predicted molar refractivity (Wildman–Crippen MR) is 139 cm³/mol. The molecule has 0 fully saturated rings. The van der Waals surface area contributed by atoms with Crippen molar-refractivity contribution >= 4 is 67.5 Å². The maximum Gasteiger partial charge on any atom is 0.237 e. The predicted octanol–water partition coefficient (Wildman–Crippen LogP) is 6.62. The number of ether oxygens (including phenoxy) is 1. The van der Waals surface area contributed by atoms with Gasteiger partial charge in [-0.1, -0.05) is 53.4 Å². The van der Waals surface area contributed by atoms with Crippen LogP contribution in [0.25, 0.3) is 21.9 Å². The van der Waals surface area contributed by atoms with E-state index in [0.29, 0.717) is 26.5 Å². The molecule has 0 saturated carbocycles. The molecule has 1 atom stereocenters. The molecule has 1 amide bonds. The maximum absolute atomic E-state index is 13.0. The van der Waals surface area contributed by atoms with Crippen LogP contribution >= 0.6 is 23.1 Å². The number of carbonyl (C=O) groups excluding carboxylic acids is 1. The number of aryl methyl sites for hydroxylation is 1. The van der Waals surface area contributed by atoms with Crippen molar-refractivity contribution in [2.45, 2.75) is 23.4 Å². The van der Waals surface area contributed by atoms with Gasteiger partial charge in [-0.25, -0.2) is 0 Å². The number of para-hydroxylation sites is 1. The van der Waals surface area contributed by atoms with Gasteiger partial charge in [0, 0.05) is 22.5 Å². The van der Waals surface area contributed by atoms with Crippen molar-refractivity contribution in [3.05, 3.63) is 66.2 Å². The number of fused-ring (bicyclic) bond motifs is 3. The molecule has 2 heterocycles. The lowest BCUT2D eigenvalue weighted by Gasteiger charge is -2.13. The Labute approximate surface area is 204 Å². The Morgan fingerprint density at radius 2 is 1.91 bits per heavy atom. The molecular formula is C25H22N4O3S2. The molecule has 5 rings (SSSR count). The number of carbonyl (C=O) groups is 1. The molecule has 0 saturated heterocycles. The van der Waals surface area contributed by atoms with Crippen molar-refractivity contribution in [2.24, 2.45) is 0 Å². The Kier molecular flexibility index (Phi) is 6.12. The van der Waals surface area contributed by atoms with E-state index in [4.69, 9.17) is 9.15 Å². The number of furan rings is 1. The Bertz CT molecular complexity index is 1490. The summed E-state index contributed by atoms with van der Waals surface area (Å²) in [6, 6.07) is 19.5. The first-order valence-corrected chi connectivity index (χ1v) is 12.3. The van der Waals surface area contributed by atoms with E-state index in [9.17, 15) is 4.79 Å². The number of anilines is 3. The lowest BCUT2D eigenvalue weighted by molar-refractivity contribution is -0.115. The van der Waals surface area contributed by atoms with Gasteiger partial charge in [0.2, 0.25) is 11.0 Å². The molecule has 0 aliphatic rings. The van der Waals surface area contributed by atoms with Crippen molar-refractivity contribution in [3.63, 3.8) is 0 Å². The van der Waals surface area contributed by atoms with E-state index < -0.39 is 5.25 Å². The Morgan fingerprint density at radius 3 is 2.74 bits per heavy atom. The lowest BCUT2D eigenvalue weighted by Crippen LogP contribution is -2.22. The molecule has 172 valence electrons. The minimum atomic E-state index is -0.393. The van der Waals surface area contributed by atoms with Gasteiger partial charge in [0.1, 0.15) is 16.9 Å².